The number of amides is 2. The van der Waals surface area contributed by atoms with Gasteiger partial charge in [-0.1, -0.05) is 171 Å². The highest BCUT2D eigenvalue weighted by molar-refractivity contribution is 8.93. The first kappa shape index (κ1) is 51.3. The van der Waals surface area contributed by atoms with Crippen molar-refractivity contribution in [2.45, 2.75) is 240 Å². The third-order valence-electron chi connectivity index (χ3n) is 13.1. The summed E-state index contributed by atoms with van der Waals surface area (Å²) in [5, 5.41) is 29.3. The highest BCUT2D eigenvalue weighted by Crippen LogP contribution is 2.51. The fraction of sp³-hybridized carbons (Fsp3) is 0.957. The third-order valence-corrected chi connectivity index (χ3v) is 13.1. The van der Waals surface area contributed by atoms with Crippen LogP contribution >= 0.6 is 17.0 Å². The van der Waals surface area contributed by atoms with Crippen molar-refractivity contribution in [3.05, 3.63) is 0 Å². The first-order valence-electron chi connectivity index (χ1n) is 23.1. The lowest BCUT2D eigenvalue weighted by molar-refractivity contribution is -0.202. The van der Waals surface area contributed by atoms with Crippen LogP contribution in [0.1, 0.15) is 222 Å². The second-order valence-corrected chi connectivity index (χ2v) is 18.7. The van der Waals surface area contributed by atoms with Gasteiger partial charge in [-0.05, 0) is 74.0 Å². The van der Waals surface area contributed by atoms with Crippen LogP contribution in [-0.4, -0.2) is 51.1 Å². The number of hydrogen-bond donors (Lipinski definition) is 4. The van der Waals surface area contributed by atoms with E-state index in [9.17, 15) is 19.8 Å². The highest BCUT2D eigenvalue weighted by atomic mass is 79.9. The molecule has 6 unspecified atom stereocenters. The van der Waals surface area contributed by atoms with E-state index in [1.165, 1.54) is 89.9 Å². The zero-order valence-corrected chi connectivity index (χ0v) is 38.4. The van der Waals surface area contributed by atoms with Crippen molar-refractivity contribution in [3.63, 3.8) is 0 Å². The number of aliphatic hydroxyl groups is 2. The van der Waals surface area contributed by atoms with Crippen molar-refractivity contribution in [1.29, 1.82) is 0 Å². The summed E-state index contributed by atoms with van der Waals surface area (Å²) in [6, 6.07) is 0. The molecule has 4 N–H and O–H groups in total. The van der Waals surface area contributed by atoms with Crippen LogP contribution in [0.2, 0.25) is 0 Å². The summed E-state index contributed by atoms with van der Waals surface area (Å²) < 4.78 is 0. The molecule has 0 aromatic carbocycles. The Morgan fingerprint density at radius 2 is 0.889 bits per heavy atom. The molecule has 8 heteroatoms. The average molecular weight is 829 g/mol. The first-order chi connectivity index (χ1) is 25.3. The molecule has 2 saturated carbocycles. The minimum absolute atomic E-state index is 0. The van der Waals surface area contributed by atoms with Crippen LogP contribution in [0.4, 0.5) is 0 Å². The summed E-state index contributed by atoms with van der Waals surface area (Å²) in [5.74, 6) is 1.58. The molecule has 7 nitrogen and oxygen atoms in total. The lowest BCUT2D eigenvalue weighted by Crippen LogP contribution is -2.80. The van der Waals surface area contributed by atoms with E-state index in [1.807, 2.05) is 0 Å². The van der Waals surface area contributed by atoms with Gasteiger partial charge in [0.2, 0.25) is 11.8 Å². The number of hydrogen-bond acceptors (Lipinski definition) is 5. The van der Waals surface area contributed by atoms with Gasteiger partial charge >= 0.3 is 0 Å². The molecular weight excluding hydrogens is 738 g/mol. The fourth-order valence-corrected chi connectivity index (χ4v) is 10.4. The molecule has 320 valence electrons. The van der Waals surface area contributed by atoms with E-state index in [1.54, 1.807) is 0 Å². The van der Waals surface area contributed by atoms with Gasteiger partial charge in [0.1, 0.15) is 0 Å². The van der Waals surface area contributed by atoms with Crippen molar-refractivity contribution in [2.24, 2.45) is 35.5 Å². The summed E-state index contributed by atoms with van der Waals surface area (Å²) in [6.45, 7) is 18.1. The summed E-state index contributed by atoms with van der Waals surface area (Å²) in [7, 11) is 0. The van der Waals surface area contributed by atoms with Crippen molar-refractivity contribution in [3.8, 4) is 0 Å². The number of nitrogens with one attached hydrogen (secondary N) is 2. The van der Waals surface area contributed by atoms with Crippen LogP contribution in [-0.2, 0) is 9.59 Å². The molecule has 0 heterocycles. The van der Waals surface area contributed by atoms with E-state index in [0.717, 1.165) is 64.2 Å². The number of nitrogens with zero attached hydrogens (tertiary/aromatic N) is 1. The Balaban J connectivity index is 0.0000146. The van der Waals surface area contributed by atoms with Crippen LogP contribution in [0.15, 0.2) is 0 Å². The second-order valence-electron chi connectivity index (χ2n) is 18.7. The lowest BCUT2D eigenvalue weighted by atomic mass is 9.63. The maximum absolute atomic E-state index is 14.2. The average Bonchev–Trinajstić information content (AvgIpc) is 3.08. The zero-order valence-electron chi connectivity index (χ0n) is 36.7. The van der Waals surface area contributed by atoms with Gasteiger partial charge in [-0.25, -0.2) is 0 Å². The van der Waals surface area contributed by atoms with Gasteiger partial charge in [-0.15, -0.1) is 17.0 Å². The van der Waals surface area contributed by atoms with E-state index in [0.29, 0.717) is 24.7 Å². The van der Waals surface area contributed by atoms with Gasteiger partial charge < -0.3 is 20.8 Å². The number of rotatable bonds is 28. The van der Waals surface area contributed by atoms with E-state index in [-0.39, 0.29) is 59.0 Å². The van der Waals surface area contributed by atoms with Gasteiger partial charge in [0.25, 0.3) is 0 Å². The Kier molecular flexibility index (Phi) is 26.5. The molecule has 2 aliphatic rings. The topological polar surface area (TPSA) is 102 Å². The summed E-state index contributed by atoms with van der Waals surface area (Å²) in [5.41, 5.74) is -1.61. The van der Waals surface area contributed by atoms with Gasteiger partial charge in [0.05, 0.1) is 17.9 Å². The maximum atomic E-state index is 14.2. The molecule has 6 atom stereocenters. The SMILES string of the molecule is Br.CCCCCCCCCCCC(=O)NC1(N(CC(O)O)C2(NC(=O)CCCCCCCCCCC)CC(C)CCC2C(C)C)CC(C)CCC1C(C)C. The molecule has 54 heavy (non-hydrogen) atoms. The van der Waals surface area contributed by atoms with Gasteiger partial charge in [-0.3, -0.25) is 14.5 Å². The van der Waals surface area contributed by atoms with Gasteiger partial charge in [0.15, 0.2) is 6.29 Å². The Morgan fingerprint density at radius 3 is 1.19 bits per heavy atom. The number of carbonyl (C=O) groups excluding carboxylic acids is 2. The molecule has 0 saturated heterocycles. The third kappa shape index (κ3) is 17.0. The van der Waals surface area contributed by atoms with E-state index >= 15 is 0 Å². The van der Waals surface area contributed by atoms with Crippen molar-refractivity contribution >= 4 is 28.8 Å². The predicted octanol–water partition coefficient (Wildman–Crippen LogP) is 11.8. The van der Waals surface area contributed by atoms with Crippen molar-refractivity contribution < 1.29 is 19.8 Å². The number of halogens is 1. The molecule has 0 spiro atoms. The standard InChI is InChI=1S/C46H89N3O4.BrH/c1-9-11-13-15-17-19-21-23-25-27-42(50)47-45(33-38(7)29-31-40(45)36(3)4)49(35-44(52)53)46(34-39(8)30-32-41(46)37(5)6)48-43(51)28-26-24-22-20-18-16-14-12-10-2;/h36-41,44,52-53H,9-35H2,1-8H3,(H,47,50)(H,48,51);1H. The van der Waals surface area contributed by atoms with E-state index in [2.05, 4.69) is 70.9 Å². The molecule has 0 aromatic rings. The predicted molar refractivity (Wildman–Crippen MR) is 233 cm³/mol. The van der Waals surface area contributed by atoms with Crippen molar-refractivity contribution in [1.82, 2.24) is 15.5 Å². The second kappa shape index (κ2) is 27.9. The maximum Gasteiger partial charge on any atom is 0.221 e. The van der Waals surface area contributed by atoms with Gasteiger partial charge in [0, 0.05) is 12.8 Å². The smallest absolute Gasteiger partial charge is 0.221 e. The quantitative estimate of drug-likeness (QED) is 0.0465. The highest BCUT2D eigenvalue weighted by Gasteiger charge is 2.60. The molecule has 0 aromatic heterocycles. The minimum atomic E-state index is -1.60. The Hall–Kier alpha value is -0.700. The Morgan fingerprint density at radius 1 is 0.574 bits per heavy atom. The van der Waals surface area contributed by atoms with Crippen LogP contribution in [0, 0.1) is 35.5 Å². The van der Waals surface area contributed by atoms with Crippen LogP contribution in [0.5, 0.6) is 0 Å². The van der Waals surface area contributed by atoms with Crippen LogP contribution in [0.3, 0.4) is 0 Å². The molecule has 2 amide bonds. The summed E-state index contributed by atoms with van der Waals surface area (Å²) >= 11 is 0. The number of carbonyl (C=O) groups is 2. The normalized spacial score (nSPS) is 26.0. The van der Waals surface area contributed by atoms with Crippen LogP contribution < -0.4 is 10.6 Å². The lowest BCUT2D eigenvalue weighted by Gasteiger charge is -2.64. The fourth-order valence-electron chi connectivity index (χ4n) is 10.4. The molecular formula is C46H90BrN3O4. The largest absolute Gasteiger partial charge is 0.367 e. The summed E-state index contributed by atoms with van der Waals surface area (Å²) in [6.07, 6.45) is 26.6. The number of unbranched alkanes of at least 4 members (excludes halogenated alkanes) is 16. The van der Waals surface area contributed by atoms with E-state index < -0.39 is 17.6 Å². The number of aliphatic hydroxyl groups excluding tert-OH is 1. The minimum Gasteiger partial charge on any atom is -0.367 e. The molecule has 2 fully saturated rings. The van der Waals surface area contributed by atoms with E-state index in [4.69, 9.17) is 0 Å². The molecule has 2 rings (SSSR count). The zero-order chi connectivity index (χ0) is 39.3. The van der Waals surface area contributed by atoms with Crippen molar-refractivity contribution in [2.75, 3.05) is 6.54 Å². The molecule has 0 bridgehead atoms. The Labute approximate surface area is 344 Å². The molecule has 2 aliphatic carbocycles. The van der Waals surface area contributed by atoms with Gasteiger partial charge in [-0.2, -0.15) is 0 Å². The molecule has 0 radical (unpaired) electrons. The first-order valence-corrected chi connectivity index (χ1v) is 23.1. The Bertz CT molecular complexity index is 923. The monoisotopic (exact) mass is 828 g/mol. The van der Waals surface area contributed by atoms with Crippen LogP contribution in [0.25, 0.3) is 0 Å². The molecule has 0 aliphatic heterocycles. The summed E-state index contributed by atoms with van der Waals surface area (Å²) in [4.78, 5) is 30.7.